The van der Waals surface area contributed by atoms with E-state index in [0.717, 1.165) is 0 Å². The molecule has 0 atom stereocenters. The number of benzene rings is 2. The van der Waals surface area contributed by atoms with Gasteiger partial charge in [-0.2, -0.15) is 4.31 Å². The molecule has 0 radical (unpaired) electrons. The Balaban J connectivity index is 1.49. The van der Waals surface area contributed by atoms with Gasteiger partial charge in [0.1, 0.15) is 0 Å². The third-order valence-electron chi connectivity index (χ3n) is 5.19. The fourth-order valence-corrected chi connectivity index (χ4v) is 5.32. The molecule has 1 aliphatic rings. The van der Waals surface area contributed by atoms with Crippen LogP contribution in [0.1, 0.15) is 10.5 Å². The van der Waals surface area contributed by atoms with Gasteiger partial charge >= 0.3 is 5.76 Å². The summed E-state index contributed by atoms with van der Waals surface area (Å²) in [5.74, 6) is -1.27. The van der Waals surface area contributed by atoms with Crippen LogP contribution in [0.3, 0.4) is 0 Å². The molecule has 34 heavy (non-hydrogen) atoms. The Morgan fingerprint density at radius 2 is 1.88 bits per heavy atom. The number of aromatic amines is 1. The van der Waals surface area contributed by atoms with Gasteiger partial charge in [0.2, 0.25) is 10.0 Å². The summed E-state index contributed by atoms with van der Waals surface area (Å²) in [7, 11) is -3.78. The Bertz CT molecular complexity index is 1550. The minimum Gasteiger partial charge on any atom is -0.379 e. The number of sulfonamides is 1. The molecular weight excluding hydrogens is 534 g/mol. The lowest BCUT2D eigenvalue weighted by Gasteiger charge is -2.26. The number of halogens is 1. The zero-order valence-electron chi connectivity index (χ0n) is 17.3. The molecule has 2 aromatic carbocycles. The highest BCUT2D eigenvalue weighted by molar-refractivity contribution is 9.10. The highest BCUT2D eigenvalue weighted by Gasteiger charge is 2.28. The van der Waals surface area contributed by atoms with Gasteiger partial charge in [-0.25, -0.2) is 13.2 Å². The van der Waals surface area contributed by atoms with Gasteiger partial charge in [0, 0.05) is 23.1 Å². The first kappa shape index (κ1) is 22.5. The number of nitrogens with zero attached hydrogens (tertiary/aromatic N) is 3. The maximum atomic E-state index is 13.1. The van der Waals surface area contributed by atoms with Gasteiger partial charge in [-0.15, -0.1) is 0 Å². The van der Waals surface area contributed by atoms with Crippen molar-refractivity contribution < 1.29 is 27.0 Å². The molecule has 176 valence electrons. The van der Waals surface area contributed by atoms with Crippen LogP contribution in [-0.4, -0.2) is 60.2 Å². The Morgan fingerprint density at radius 1 is 1.09 bits per heavy atom. The smallest absolute Gasteiger partial charge is 0.379 e. The molecule has 2 N–H and O–H groups in total. The molecule has 5 rings (SSSR count). The van der Waals surface area contributed by atoms with E-state index >= 15 is 0 Å². The number of carbonyl (C=O) groups excluding carboxylic acids is 1. The Morgan fingerprint density at radius 3 is 2.62 bits per heavy atom. The summed E-state index contributed by atoms with van der Waals surface area (Å²) >= 11 is 3.34. The largest absolute Gasteiger partial charge is 0.439 e. The minimum absolute atomic E-state index is 0.0173. The third-order valence-corrected chi connectivity index (χ3v) is 7.58. The van der Waals surface area contributed by atoms with E-state index in [4.69, 9.17) is 9.26 Å². The second-order valence-corrected chi connectivity index (χ2v) is 10.1. The van der Waals surface area contributed by atoms with Gasteiger partial charge < -0.3 is 14.6 Å². The topological polar surface area (TPSA) is 161 Å². The van der Waals surface area contributed by atoms with Gasteiger partial charge in [0.15, 0.2) is 17.1 Å². The number of fused-ring (bicyclic) bond motifs is 1. The van der Waals surface area contributed by atoms with Crippen LogP contribution in [-0.2, 0) is 14.8 Å². The number of rotatable bonds is 5. The van der Waals surface area contributed by atoms with Crippen molar-refractivity contribution in [2.45, 2.75) is 4.90 Å². The van der Waals surface area contributed by atoms with Crippen molar-refractivity contribution in [3.8, 4) is 11.4 Å². The van der Waals surface area contributed by atoms with Crippen molar-refractivity contribution >= 4 is 48.5 Å². The van der Waals surface area contributed by atoms with Crippen LogP contribution in [0.2, 0.25) is 0 Å². The zero-order valence-corrected chi connectivity index (χ0v) is 19.7. The fourth-order valence-electron chi connectivity index (χ4n) is 3.53. The summed E-state index contributed by atoms with van der Waals surface area (Å²) in [4.78, 5) is 26.9. The monoisotopic (exact) mass is 549 g/mol. The quantitative estimate of drug-likeness (QED) is 0.380. The summed E-state index contributed by atoms with van der Waals surface area (Å²) in [6.45, 7) is 1.12. The van der Waals surface area contributed by atoms with E-state index in [1.165, 1.54) is 22.5 Å². The number of carbonyl (C=O) groups is 1. The molecular formula is C20H16BrN5O7S. The van der Waals surface area contributed by atoms with Crippen LogP contribution < -0.4 is 11.1 Å². The molecule has 0 unspecified atom stereocenters. The van der Waals surface area contributed by atoms with E-state index in [1.807, 2.05) is 0 Å². The predicted molar refractivity (Wildman–Crippen MR) is 122 cm³/mol. The van der Waals surface area contributed by atoms with Gasteiger partial charge in [0.05, 0.1) is 29.2 Å². The van der Waals surface area contributed by atoms with E-state index < -0.39 is 21.7 Å². The molecule has 0 aliphatic carbocycles. The van der Waals surface area contributed by atoms with E-state index in [0.29, 0.717) is 28.9 Å². The normalized spacial score (nSPS) is 15.0. The first-order valence-corrected chi connectivity index (χ1v) is 12.2. The van der Waals surface area contributed by atoms with Gasteiger partial charge in [-0.05, 0) is 36.4 Å². The number of hydrogen-bond acceptors (Lipinski definition) is 9. The van der Waals surface area contributed by atoms with Crippen LogP contribution in [0.15, 0.2) is 59.6 Å². The summed E-state index contributed by atoms with van der Waals surface area (Å²) in [5, 5.41) is 10.4. The molecule has 1 amide bonds. The number of aromatic nitrogens is 3. The minimum atomic E-state index is -3.78. The summed E-state index contributed by atoms with van der Waals surface area (Å²) in [6, 6.07) is 9.15. The van der Waals surface area contributed by atoms with E-state index in [1.54, 1.807) is 18.2 Å². The number of nitrogens with one attached hydrogen (secondary N) is 2. The molecule has 1 fully saturated rings. The van der Waals surface area contributed by atoms with Crippen molar-refractivity contribution in [1.29, 1.82) is 0 Å². The lowest BCUT2D eigenvalue weighted by Crippen LogP contribution is -2.40. The van der Waals surface area contributed by atoms with Gasteiger partial charge in [-0.3, -0.25) is 14.3 Å². The number of morpholine rings is 1. The zero-order chi connectivity index (χ0) is 23.9. The molecule has 1 aliphatic heterocycles. The third kappa shape index (κ3) is 4.16. The van der Waals surface area contributed by atoms with E-state index in [2.05, 4.69) is 41.1 Å². The van der Waals surface area contributed by atoms with Gasteiger partial charge in [-0.1, -0.05) is 26.2 Å². The van der Waals surface area contributed by atoms with Crippen molar-refractivity contribution in [3.05, 3.63) is 57.1 Å². The average Bonchev–Trinajstić information content (AvgIpc) is 3.46. The van der Waals surface area contributed by atoms with Crippen LogP contribution in [0.4, 0.5) is 5.69 Å². The lowest BCUT2D eigenvalue weighted by atomic mass is 10.1. The molecule has 4 aromatic rings. The SMILES string of the molecule is O=C(Nc1ccc(Br)cc1-c1noc(=O)[nH]1)c1noc2ccc(S(=O)(=O)N3CCOCC3)cc12. The van der Waals surface area contributed by atoms with Crippen LogP contribution >= 0.6 is 15.9 Å². The standard InChI is InChI=1S/C20H16BrN5O7S/c21-11-1-3-15(13(9-11)18-23-20(28)33-25-18)22-19(27)17-14-10-12(2-4-16(14)32-24-17)34(29,30)26-5-7-31-8-6-26/h1-4,9-10H,5-8H2,(H,22,27)(H,23,25,28). The number of anilines is 1. The molecule has 0 bridgehead atoms. The number of H-pyrrole nitrogens is 1. The Hall–Kier alpha value is -3.33. The number of ether oxygens (including phenoxy) is 1. The highest BCUT2D eigenvalue weighted by atomic mass is 79.9. The van der Waals surface area contributed by atoms with Crippen molar-refractivity contribution in [1.82, 2.24) is 19.6 Å². The van der Waals surface area contributed by atoms with Crippen molar-refractivity contribution in [2.24, 2.45) is 0 Å². The Kier molecular flexibility index (Phi) is 5.81. The molecule has 14 heteroatoms. The molecule has 12 nitrogen and oxygen atoms in total. The molecule has 0 spiro atoms. The molecule has 0 saturated carbocycles. The molecule has 1 saturated heterocycles. The van der Waals surface area contributed by atoms with Crippen molar-refractivity contribution in [2.75, 3.05) is 31.6 Å². The summed E-state index contributed by atoms with van der Waals surface area (Å²) < 4.78 is 43.1. The first-order valence-electron chi connectivity index (χ1n) is 9.97. The second kappa shape index (κ2) is 8.79. The molecule has 2 aromatic heterocycles. The number of hydrogen-bond donors (Lipinski definition) is 2. The Labute approximate surface area is 200 Å². The highest BCUT2D eigenvalue weighted by Crippen LogP contribution is 2.30. The summed E-state index contributed by atoms with van der Waals surface area (Å²) in [6.07, 6.45) is 0. The maximum Gasteiger partial charge on any atom is 0.439 e. The molecule has 3 heterocycles. The van der Waals surface area contributed by atoms with Gasteiger partial charge in [0.25, 0.3) is 5.91 Å². The van der Waals surface area contributed by atoms with Crippen molar-refractivity contribution in [3.63, 3.8) is 0 Å². The maximum absolute atomic E-state index is 13.1. The van der Waals surface area contributed by atoms with E-state index in [9.17, 15) is 18.0 Å². The lowest BCUT2D eigenvalue weighted by molar-refractivity contribution is 0.0730. The fraction of sp³-hybridized carbons (Fsp3) is 0.200. The van der Waals surface area contributed by atoms with Crippen LogP contribution in [0.25, 0.3) is 22.4 Å². The number of amides is 1. The first-order chi connectivity index (χ1) is 16.3. The van der Waals surface area contributed by atoms with Crippen LogP contribution in [0, 0.1) is 0 Å². The van der Waals surface area contributed by atoms with Crippen LogP contribution in [0.5, 0.6) is 0 Å². The van der Waals surface area contributed by atoms with E-state index in [-0.39, 0.29) is 40.5 Å². The second-order valence-electron chi connectivity index (χ2n) is 7.29. The predicted octanol–water partition coefficient (Wildman–Crippen LogP) is 2.21. The average molecular weight is 550 g/mol. The summed E-state index contributed by atoms with van der Waals surface area (Å²) in [5.41, 5.74) is 0.849.